The lowest BCUT2D eigenvalue weighted by Gasteiger charge is -2.42. The van der Waals surface area contributed by atoms with Crippen LogP contribution in [0.25, 0.3) is 0 Å². The van der Waals surface area contributed by atoms with Gasteiger partial charge in [0.2, 0.25) is 0 Å². The second-order valence-electron chi connectivity index (χ2n) is 9.99. The highest BCUT2D eigenvalue weighted by Gasteiger charge is 2.42. The van der Waals surface area contributed by atoms with Gasteiger partial charge in [-0.15, -0.1) is 0 Å². The number of nitrogens with zero attached hydrogens (tertiary/aromatic N) is 4. The summed E-state index contributed by atoms with van der Waals surface area (Å²) in [6.45, 7) is 2.27. The number of fused-ring (bicyclic) bond motifs is 1. The third-order valence-corrected chi connectivity index (χ3v) is 7.61. The molecular formula is C29H25F2N5O3Si. The number of benzene rings is 3. The van der Waals surface area contributed by atoms with Crippen LogP contribution in [0.5, 0.6) is 5.75 Å². The monoisotopic (exact) mass is 557 g/mol. The fourth-order valence-electron chi connectivity index (χ4n) is 4.87. The Balaban J connectivity index is 1.44. The number of alkyl halides is 2. The van der Waals surface area contributed by atoms with Crippen molar-refractivity contribution >= 4 is 33.4 Å². The fourth-order valence-corrected chi connectivity index (χ4v) is 5.63. The van der Waals surface area contributed by atoms with Crippen molar-refractivity contribution < 1.29 is 23.1 Å². The third-order valence-electron chi connectivity index (χ3n) is 6.84. The molecule has 40 heavy (non-hydrogen) atoms. The number of aromatic nitrogens is 2. The van der Waals surface area contributed by atoms with Crippen LogP contribution < -0.4 is 15.0 Å². The van der Waals surface area contributed by atoms with Crippen molar-refractivity contribution in [3.63, 3.8) is 0 Å². The lowest BCUT2D eigenvalue weighted by molar-refractivity contribution is 0.0428. The average Bonchev–Trinajstić information content (AvgIpc) is 3.34. The normalized spacial score (nSPS) is 16.8. The van der Waals surface area contributed by atoms with Gasteiger partial charge in [0.25, 0.3) is 17.7 Å². The Morgan fingerprint density at radius 3 is 2.45 bits per heavy atom. The van der Waals surface area contributed by atoms with Crippen LogP contribution in [0.1, 0.15) is 44.5 Å². The molecule has 3 aromatic carbocycles. The van der Waals surface area contributed by atoms with E-state index in [1.165, 1.54) is 67.9 Å². The summed E-state index contributed by atoms with van der Waals surface area (Å²) in [5.41, 5.74) is 0.952. The van der Waals surface area contributed by atoms with Crippen molar-refractivity contribution in [2.24, 2.45) is 0 Å². The predicted octanol–water partition coefficient (Wildman–Crippen LogP) is 3.90. The number of hydrogen-bond donors (Lipinski definition) is 1. The number of hydrogen-bond acceptors (Lipinski definition) is 5. The maximum absolute atomic E-state index is 15.1. The van der Waals surface area contributed by atoms with Crippen LogP contribution in [-0.4, -0.2) is 44.1 Å². The molecule has 0 unspecified atom stereocenters. The van der Waals surface area contributed by atoms with E-state index in [9.17, 15) is 14.9 Å². The largest absolute Gasteiger partial charge is 0.495 e. The number of ether oxygens (including phenoxy) is 1. The van der Waals surface area contributed by atoms with Gasteiger partial charge in [-0.25, -0.2) is 0 Å². The summed E-state index contributed by atoms with van der Waals surface area (Å²) in [4.78, 5) is 28.4. The van der Waals surface area contributed by atoms with Crippen LogP contribution in [0, 0.1) is 11.3 Å². The Hall–Kier alpha value is -4.82. The summed E-state index contributed by atoms with van der Waals surface area (Å²) < 4.78 is 36.9. The minimum absolute atomic E-state index is 0.118. The van der Waals surface area contributed by atoms with E-state index in [4.69, 9.17) is 4.74 Å². The highest BCUT2D eigenvalue weighted by molar-refractivity contribution is 6.24. The number of amides is 2. The number of methoxy groups -OCH3 is 1. The lowest BCUT2D eigenvalue weighted by atomic mass is 9.99. The zero-order valence-electron chi connectivity index (χ0n) is 22.0. The molecular weight excluding hydrogens is 532 g/mol. The number of rotatable bonds is 6. The molecule has 11 heteroatoms. The van der Waals surface area contributed by atoms with Gasteiger partial charge in [0.1, 0.15) is 17.5 Å². The first-order chi connectivity index (χ1) is 19.1. The molecule has 1 aromatic heterocycles. The summed E-state index contributed by atoms with van der Waals surface area (Å²) in [6, 6.07) is 19.7. The van der Waals surface area contributed by atoms with Crippen LogP contribution in [0.4, 0.5) is 20.2 Å². The van der Waals surface area contributed by atoms with Crippen molar-refractivity contribution in [3.05, 3.63) is 107 Å². The Morgan fingerprint density at radius 2 is 1.80 bits per heavy atom. The van der Waals surface area contributed by atoms with Gasteiger partial charge >= 0.3 is 0 Å². The minimum atomic E-state index is -3.20. The molecule has 1 atom stereocenters. The van der Waals surface area contributed by atoms with Gasteiger partial charge in [-0.3, -0.25) is 14.3 Å². The van der Waals surface area contributed by atoms with E-state index in [1.54, 1.807) is 27.8 Å². The summed E-state index contributed by atoms with van der Waals surface area (Å²) in [7, 11) is 1.99. The molecule has 0 spiro atoms. The number of halogens is 2. The second kappa shape index (κ2) is 10.1. The minimum Gasteiger partial charge on any atom is -0.495 e. The Morgan fingerprint density at radius 1 is 1.12 bits per heavy atom. The van der Waals surface area contributed by atoms with E-state index in [0.717, 1.165) is 0 Å². The number of nitriles is 1. The highest BCUT2D eigenvalue weighted by atomic mass is 28.1. The van der Waals surface area contributed by atoms with Crippen molar-refractivity contribution in [2.45, 2.75) is 24.6 Å². The van der Waals surface area contributed by atoms with Crippen molar-refractivity contribution in [3.8, 4) is 11.8 Å². The van der Waals surface area contributed by atoms with E-state index in [0.29, 0.717) is 28.2 Å². The molecule has 1 aliphatic rings. The molecule has 2 amide bonds. The van der Waals surface area contributed by atoms with Crippen LogP contribution in [0.2, 0.25) is 0 Å². The molecule has 1 aliphatic heterocycles. The van der Waals surface area contributed by atoms with Gasteiger partial charge in [-0.1, -0.05) is 42.5 Å². The molecule has 2 heterocycles. The summed E-state index contributed by atoms with van der Waals surface area (Å²) >= 11 is 0. The Kier molecular flexibility index (Phi) is 6.73. The summed E-state index contributed by atoms with van der Waals surface area (Å²) in [5, 5.41) is 15.8. The van der Waals surface area contributed by atoms with Gasteiger partial charge in [-0.2, -0.15) is 19.1 Å². The molecule has 5 rings (SSSR count). The van der Waals surface area contributed by atoms with Crippen molar-refractivity contribution in [1.29, 1.82) is 5.26 Å². The molecule has 1 N–H and O–H groups in total. The van der Waals surface area contributed by atoms with Gasteiger partial charge < -0.3 is 15.0 Å². The molecule has 4 aromatic rings. The quantitative estimate of drug-likeness (QED) is 0.363. The van der Waals surface area contributed by atoms with E-state index in [2.05, 4.69) is 10.4 Å². The van der Waals surface area contributed by atoms with Gasteiger partial charge in [0.15, 0.2) is 0 Å². The van der Waals surface area contributed by atoms with Crippen LogP contribution in [0.3, 0.4) is 0 Å². The third kappa shape index (κ3) is 4.63. The van der Waals surface area contributed by atoms with Gasteiger partial charge in [0, 0.05) is 37.8 Å². The van der Waals surface area contributed by atoms with Crippen LogP contribution in [0.15, 0.2) is 79.0 Å². The smallest absolute Gasteiger partial charge is 0.298 e. The van der Waals surface area contributed by atoms with Crippen LogP contribution >= 0.6 is 0 Å². The van der Waals surface area contributed by atoms with Gasteiger partial charge in [0.05, 0.1) is 31.1 Å². The molecule has 0 saturated carbocycles. The van der Waals surface area contributed by atoms with E-state index < -0.39 is 22.9 Å². The maximum atomic E-state index is 15.1. The highest BCUT2D eigenvalue weighted by Crippen LogP contribution is 2.38. The topological polar surface area (TPSA) is 100 Å². The second-order valence-corrected chi connectivity index (χ2v) is 12.1. The number of anilines is 2. The molecule has 0 bridgehead atoms. The summed E-state index contributed by atoms with van der Waals surface area (Å²) in [5.74, 6) is -3.79. The predicted molar refractivity (Wildman–Crippen MR) is 149 cm³/mol. The fraction of sp³-hybridized carbons (Fsp3) is 0.172. The summed E-state index contributed by atoms with van der Waals surface area (Å²) in [6.07, 6.45) is 1.41. The van der Waals surface area contributed by atoms with Gasteiger partial charge in [-0.05, 0) is 37.3 Å². The first kappa shape index (κ1) is 26.8. The maximum Gasteiger partial charge on any atom is 0.298 e. The molecule has 0 radical (unpaired) electrons. The Bertz CT molecular complexity index is 1650. The molecule has 202 valence electrons. The number of carbonyl (C=O) groups is 2. The van der Waals surface area contributed by atoms with Crippen LogP contribution in [-0.2, 0) is 12.5 Å². The van der Waals surface area contributed by atoms with Crippen molar-refractivity contribution in [2.75, 3.05) is 17.3 Å². The lowest BCUT2D eigenvalue weighted by Crippen LogP contribution is -2.57. The first-order valence-electron chi connectivity index (χ1n) is 12.4. The van der Waals surface area contributed by atoms with E-state index >= 15 is 8.78 Å². The first-order valence-corrected chi connectivity index (χ1v) is 13.4. The van der Waals surface area contributed by atoms with E-state index in [-0.39, 0.29) is 33.6 Å². The molecule has 8 nitrogen and oxygen atoms in total. The number of nitrogens with one attached hydrogen (secondary N) is 1. The molecule has 0 aliphatic carbocycles. The molecule has 0 saturated heterocycles. The zero-order chi connectivity index (χ0) is 28.7. The zero-order valence-corrected chi connectivity index (χ0v) is 24.0. The van der Waals surface area contributed by atoms with E-state index in [1.807, 2.05) is 13.0 Å². The molecule has 0 fully saturated rings. The Labute approximate surface area is 232 Å². The average molecular weight is 558 g/mol. The number of carbonyl (C=O) groups excluding carboxylic acids is 2. The standard InChI is InChI=1S/C29H25F2N5O3Si/c1-28(40)17-35-25(23(16-33-35)34-26(37)18-8-13-24(39-2)19(14-18)15-32)27(38)36(28)22-11-9-21(10-12-22)29(30,31)20-6-4-3-5-7-20/h3-14,16H,17H2,1-2,40H3,(H,34,37)/t28-/m0/s1. The SMILES string of the molecule is COc1ccc(C(=O)Nc2cnn3c2C(=O)N(c2ccc(C(F)(F)c4ccccc4)cc2)[C@@](C)([SiH3])C3)cc1C#N. The van der Waals surface area contributed by atoms with Crippen molar-refractivity contribution in [1.82, 2.24) is 9.78 Å².